The van der Waals surface area contributed by atoms with E-state index in [-0.39, 0.29) is 18.1 Å². The lowest BCUT2D eigenvalue weighted by atomic mass is 9.78. The van der Waals surface area contributed by atoms with Gasteiger partial charge in [0.05, 0.1) is 0 Å². The van der Waals surface area contributed by atoms with Gasteiger partial charge in [-0.25, -0.2) is 9.59 Å². The third-order valence-corrected chi connectivity index (χ3v) is 5.41. The number of urea groups is 2. The summed E-state index contributed by atoms with van der Waals surface area (Å²) >= 11 is 0. The van der Waals surface area contributed by atoms with Crippen molar-refractivity contribution in [3.05, 3.63) is 0 Å². The predicted molar refractivity (Wildman–Crippen MR) is 96.0 cm³/mol. The fourth-order valence-corrected chi connectivity index (χ4v) is 3.84. The molecule has 2 fully saturated rings. The van der Waals surface area contributed by atoms with Gasteiger partial charge in [0.15, 0.2) is 0 Å². The summed E-state index contributed by atoms with van der Waals surface area (Å²) in [7, 11) is 0. The maximum Gasteiger partial charge on any atom is 0.317 e. The van der Waals surface area contributed by atoms with Gasteiger partial charge in [0.1, 0.15) is 0 Å². The van der Waals surface area contributed by atoms with Crippen LogP contribution in [0.1, 0.15) is 65.2 Å². The van der Waals surface area contributed by atoms with E-state index >= 15 is 0 Å². The maximum absolute atomic E-state index is 12.4. The lowest BCUT2D eigenvalue weighted by Crippen LogP contribution is -2.53. The summed E-state index contributed by atoms with van der Waals surface area (Å²) in [6.45, 7) is 6.10. The first kappa shape index (κ1) is 18.9. The van der Waals surface area contributed by atoms with Gasteiger partial charge in [0.25, 0.3) is 0 Å². The number of carbonyl (C=O) groups is 2. The van der Waals surface area contributed by atoms with Crippen LogP contribution in [0.5, 0.6) is 0 Å². The molecule has 2 rings (SSSR count). The first-order valence-corrected chi connectivity index (χ1v) is 9.70. The number of fused-ring (bicyclic) bond motifs is 1. The molecule has 4 amide bonds. The average Bonchev–Trinajstić information content (AvgIpc) is 2.60. The van der Waals surface area contributed by atoms with E-state index in [4.69, 9.17) is 0 Å². The topological polar surface area (TPSA) is 73.5 Å². The number of nitrogens with zero attached hydrogens (tertiary/aromatic N) is 1. The third kappa shape index (κ3) is 5.56. The number of hydrogen-bond donors (Lipinski definition) is 3. The van der Waals surface area contributed by atoms with Crippen molar-refractivity contribution in [3.63, 3.8) is 0 Å². The van der Waals surface area contributed by atoms with E-state index in [1.807, 2.05) is 13.8 Å². The quantitative estimate of drug-likeness (QED) is 0.652. The Bertz CT molecular complexity index is 414. The van der Waals surface area contributed by atoms with Crippen molar-refractivity contribution in [3.8, 4) is 0 Å². The molecule has 6 nitrogen and oxygen atoms in total. The summed E-state index contributed by atoms with van der Waals surface area (Å²) in [5.41, 5.74) is 0. The molecule has 1 aliphatic heterocycles. The van der Waals surface area contributed by atoms with Crippen LogP contribution in [0, 0.1) is 5.92 Å². The number of nitrogens with one attached hydrogen (secondary N) is 3. The van der Waals surface area contributed by atoms with Gasteiger partial charge in [-0.1, -0.05) is 19.8 Å². The van der Waals surface area contributed by atoms with Gasteiger partial charge >= 0.3 is 12.1 Å². The van der Waals surface area contributed by atoms with Crippen LogP contribution in [0.25, 0.3) is 0 Å². The normalized spacial score (nSPS) is 24.7. The SMILES string of the molecule is CCC(C)NC(=O)NCCCNC(=O)N1CCCC2CCCCC21. The first-order chi connectivity index (χ1) is 11.6. The van der Waals surface area contributed by atoms with Crippen molar-refractivity contribution >= 4 is 12.1 Å². The number of piperidine rings is 1. The summed E-state index contributed by atoms with van der Waals surface area (Å²) < 4.78 is 0. The fourth-order valence-electron chi connectivity index (χ4n) is 3.84. The molecule has 2 aliphatic rings. The van der Waals surface area contributed by atoms with Crippen LogP contribution >= 0.6 is 0 Å². The minimum absolute atomic E-state index is 0.0793. The highest BCUT2D eigenvalue weighted by atomic mass is 16.2. The number of rotatable bonds is 6. The predicted octanol–water partition coefficient (Wildman–Crippen LogP) is 2.84. The van der Waals surface area contributed by atoms with E-state index in [1.54, 1.807) is 0 Å². The lowest BCUT2D eigenvalue weighted by Gasteiger charge is -2.44. The Balaban J connectivity index is 1.61. The number of amides is 4. The van der Waals surface area contributed by atoms with Gasteiger partial charge in [-0.2, -0.15) is 0 Å². The van der Waals surface area contributed by atoms with Crippen LogP contribution in [0.3, 0.4) is 0 Å². The number of likely N-dealkylation sites (tertiary alicyclic amines) is 1. The molecule has 3 atom stereocenters. The molecular weight excluding hydrogens is 304 g/mol. The highest BCUT2D eigenvalue weighted by Gasteiger charge is 2.35. The summed E-state index contributed by atoms with van der Waals surface area (Å²) in [6, 6.07) is 0.589. The molecule has 3 unspecified atom stereocenters. The van der Waals surface area contributed by atoms with Crippen molar-refractivity contribution in [1.82, 2.24) is 20.9 Å². The monoisotopic (exact) mass is 338 g/mol. The van der Waals surface area contributed by atoms with Crippen LogP contribution < -0.4 is 16.0 Å². The molecule has 1 heterocycles. The zero-order chi connectivity index (χ0) is 17.4. The summed E-state index contributed by atoms with van der Waals surface area (Å²) in [5.74, 6) is 0.712. The Labute approximate surface area is 146 Å². The van der Waals surface area contributed by atoms with Gasteiger partial charge < -0.3 is 20.9 Å². The maximum atomic E-state index is 12.4. The fraction of sp³-hybridized carbons (Fsp3) is 0.889. The van der Waals surface area contributed by atoms with Gasteiger partial charge in [0, 0.05) is 31.7 Å². The molecule has 0 bridgehead atoms. The van der Waals surface area contributed by atoms with Crippen LogP contribution in [-0.2, 0) is 0 Å². The molecule has 24 heavy (non-hydrogen) atoms. The molecule has 0 radical (unpaired) electrons. The molecule has 1 saturated heterocycles. The number of carbonyl (C=O) groups excluding carboxylic acids is 2. The first-order valence-electron chi connectivity index (χ1n) is 9.70. The van der Waals surface area contributed by atoms with Crippen LogP contribution in [0.15, 0.2) is 0 Å². The van der Waals surface area contributed by atoms with Gasteiger partial charge in [-0.15, -0.1) is 0 Å². The van der Waals surface area contributed by atoms with Crippen molar-refractivity contribution in [2.24, 2.45) is 5.92 Å². The van der Waals surface area contributed by atoms with Crippen LogP contribution in [0.4, 0.5) is 9.59 Å². The highest BCUT2D eigenvalue weighted by molar-refractivity contribution is 5.75. The van der Waals surface area contributed by atoms with Crippen LogP contribution in [-0.4, -0.2) is 48.7 Å². The molecule has 0 aromatic rings. The van der Waals surface area contributed by atoms with Crippen molar-refractivity contribution < 1.29 is 9.59 Å². The molecule has 0 aromatic carbocycles. The summed E-state index contributed by atoms with van der Waals surface area (Å²) in [6.07, 6.45) is 9.10. The third-order valence-electron chi connectivity index (χ3n) is 5.41. The molecule has 6 heteroatoms. The smallest absolute Gasteiger partial charge is 0.317 e. The molecule has 1 aliphatic carbocycles. The molecular formula is C18H34N4O2. The highest BCUT2D eigenvalue weighted by Crippen LogP contribution is 2.35. The Kier molecular flexibility index (Phi) is 7.66. The van der Waals surface area contributed by atoms with Crippen molar-refractivity contribution in [2.75, 3.05) is 19.6 Å². The van der Waals surface area contributed by atoms with E-state index < -0.39 is 0 Å². The van der Waals surface area contributed by atoms with Gasteiger partial charge in [-0.05, 0) is 51.4 Å². The van der Waals surface area contributed by atoms with Gasteiger partial charge in [0.2, 0.25) is 0 Å². The molecule has 1 saturated carbocycles. The minimum Gasteiger partial charge on any atom is -0.338 e. The lowest BCUT2D eigenvalue weighted by molar-refractivity contribution is 0.0843. The molecule has 0 aromatic heterocycles. The molecule has 138 valence electrons. The van der Waals surface area contributed by atoms with E-state index in [1.165, 1.54) is 25.7 Å². The summed E-state index contributed by atoms with van der Waals surface area (Å²) in [4.78, 5) is 26.1. The second kappa shape index (κ2) is 9.74. The van der Waals surface area contributed by atoms with E-state index in [9.17, 15) is 9.59 Å². The second-order valence-electron chi connectivity index (χ2n) is 7.24. The van der Waals surface area contributed by atoms with Crippen LogP contribution in [0.2, 0.25) is 0 Å². The minimum atomic E-state index is -0.128. The average molecular weight is 338 g/mol. The second-order valence-corrected chi connectivity index (χ2v) is 7.24. The summed E-state index contributed by atoms with van der Waals surface area (Å²) in [5, 5.41) is 8.72. The Morgan fingerprint density at radius 2 is 1.79 bits per heavy atom. The molecule has 3 N–H and O–H groups in total. The Hall–Kier alpha value is -1.46. The van der Waals surface area contributed by atoms with Crippen molar-refractivity contribution in [2.45, 2.75) is 77.3 Å². The largest absolute Gasteiger partial charge is 0.338 e. The number of hydrogen-bond acceptors (Lipinski definition) is 2. The van der Waals surface area contributed by atoms with E-state index in [2.05, 4.69) is 20.9 Å². The Morgan fingerprint density at radius 1 is 1.08 bits per heavy atom. The van der Waals surface area contributed by atoms with Gasteiger partial charge in [-0.3, -0.25) is 0 Å². The standard InChI is InChI=1S/C18H34N4O2/c1-3-14(2)21-17(23)19-11-7-12-20-18(24)22-13-6-9-15-8-4-5-10-16(15)22/h14-16H,3-13H2,1-2H3,(H,20,24)(H2,19,21,23). The van der Waals surface area contributed by atoms with E-state index in [0.29, 0.717) is 25.0 Å². The van der Waals surface area contributed by atoms with Crippen molar-refractivity contribution in [1.29, 1.82) is 0 Å². The Morgan fingerprint density at radius 3 is 2.58 bits per heavy atom. The van der Waals surface area contributed by atoms with E-state index in [0.717, 1.165) is 32.2 Å². The zero-order valence-electron chi connectivity index (χ0n) is 15.3. The molecule has 0 spiro atoms. The zero-order valence-corrected chi connectivity index (χ0v) is 15.3.